The molecule has 1 rings (SSSR count). The molecule has 0 bridgehead atoms. The molecule has 0 fully saturated rings. The summed E-state index contributed by atoms with van der Waals surface area (Å²) in [5.41, 5.74) is 1.25. The van der Waals surface area contributed by atoms with Crippen LogP contribution in [0.2, 0.25) is 0 Å². The summed E-state index contributed by atoms with van der Waals surface area (Å²) in [5.74, 6) is 1.08. The van der Waals surface area contributed by atoms with Crippen molar-refractivity contribution in [3.05, 3.63) is 11.6 Å². The Balaban J connectivity index is 2.61. The SMILES string of the molecule is CC1=CC(=O)CCCC(C)C1. The number of hydrogen-bond donors (Lipinski definition) is 0. The molecule has 1 heteroatoms. The fraction of sp³-hybridized carbons (Fsp3) is 0.700. The Hall–Kier alpha value is -0.590. The van der Waals surface area contributed by atoms with E-state index in [-0.39, 0.29) is 0 Å². The van der Waals surface area contributed by atoms with Crippen LogP contribution in [0.5, 0.6) is 0 Å². The van der Waals surface area contributed by atoms with Crippen molar-refractivity contribution in [1.29, 1.82) is 0 Å². The monoisotopic (exact) mass is 152 g/mol. The Labute approximate surface area is 68.5 Å². The molecule has 1 nitrogen and oxygen atoms in total. The summed E-state index contributed by atoms with van der Waals surface area (Å²) < 4.78 is 0. The zero-order chi connectivity index (χ0) is 8.27. The van der Waals surface area contributed by atoms with Crippen molar-refractivity contribution >= 4 is 5.78 Å². The highest BCUT2D eigenvalue weighted by atomic mass is 16.1. The minimum absolute atomic E-state index is 0.314. The molecule has 62 valence electrons. The van der Waals surface area contributed by atoms with Gasteiger partial charge in [-0.1, -0.05) is 12.5 Å². The third-order valence-electron chi connectivity index (χ3n) is 2.20. The lowest BCUT2D eigenvalue weighted by atomic mass is 9.92. The van der Waals surface area contributed by atoms with Gasteiger partial charge in [-0.15, -0.1) is 0 Å². The minimum Gasteiger partial charge on any atom is -0.295 e. The maximum atomic E-state index is 11.1. The summed E-state index contributed by atoms with van der Waals surface area (Å²) in [5, 5.41) is 0. The lowest BCUT2D eigenvalue weighted by Gasteiger charge is -2.13. The summed E-state index contributed by atoms with van der Waals surface area (Å²) in [4.78, 5) is 11.1. The molecule has 0 aromatic carbocycles. The van der Waals surface area contributed by atoms with Crippen molar-refractivity contribution in [2.75, 3.05) is 0 Å². The average Bonchev–Trinajstić information content (AvgIpc) is 1.83. The Bertz CT molecular complexity index is 179. The lowest BCUT2D eigenvalue weighted by Crippen LogP contribution is -2.04. The Morgan fingerprint density at radius 1 is 1.55 bits per heavy atom. The second kappa shape index (κ2) is 3.70. The molecule has 0 aromatic rings. The van der Waals surface area contributed by atoms with Crippen molar-refractivity contribution in [3.8, 4) is 0 Å². The smallest absolute Gasteiger partial charge is 0.155 e. The zero-order valence-corrected chi connectivity index (χ0v) is 7.39. The first-order chi connectivity index (χ1) is 5.18. The fourth-order valence-corrected chi connectivity index (χ4v) is 1.68. The zero-order valence-electron chi connectivity index (χ0n) is 7.39. The molecule has 0 saturated heterocycles. The maximum Gasteiger partial charge on any atom is 0.155 e. The summed E-state index contributed by atoms with van der Waals surface area (Å²) in [7, 11) is 0. The number of hydrogen-bond acceptors (Lipinski definition) is 1. The quantitative estimate of drug-likeness (QED) is 0.521. The van der Waals surface area contributed by atoms with Gasteiger partial charge in [0.15, 0.2) is 5.78 Å². The van der Waals surface area contributed by atoms with Gasteiger partial charge >= 0.3 is 0 Å². The van der Waals surface area contributed by atoms with E-state index in [1.807, 2.05) is 6.08 Å². The van der Waals surface area contributed by atoms with E-state index >= 15 is 0 Å². The number of ketones is 1. The topological polar surface area (TPSA) is 17.1 Å². The van der Waals surface area contributed by atoms with Gasteiger partial charge in [0, 0.05) is 6.42 Å². The normalized spacial score (nSPS) is 27.3. The van der Waals surface area contributed by atoms with E-state index in [0.717, 1.165) is 25.2 Å². The van der Waals surface area contributed by atoms with Gasteiger partial charge < -0.3 is 0 Å². The summed E-state index contributed by atoms with van der Waals surface area (Å²) in [6, 6.07) is 0. The van der Waals surface area contributed by atoms with Gasteiger partial charge in [0.05, 0.1) is 0 Å². The van der Waals surface area contributed by atoms with Crippen molar-refractivity contribution in [2.45, 2.75) is 39.5 Å². The minimum atomic E-state index is 0.314. The molecule has 0 N–H and O–H groups in total. The van der Waals surface area contributed by atoms with Gasteiger partial charge in [-0.05, 0) is 38.2 Å². The highest BCUT2D eigenvalue weighted by molar-refractivity contribution is 5.90. The standard InChI is InChI=1S/C10H16O/c1-8-4-3-5-10(11)7-9(2)6-8/h7-8H,3-6H2,1-2H3. The van der Waals surface area contributed by atoms with Gasteiger partial charge in [-0.25, -0.2) is 0 Å². The predicted octanol–water partition coefficient (Wildman–Crippen LogP) is 2.71. The highest BCUT2D eigenvalue weighted by Gasteiger charge is 2.09. The van der Waals surface area contributed by atoms with Gasteiger partial charge in [0.2, 0.25) is 0 Å². The molecule has 1 atom stereocenters. The van der Waals surface area contributed by atoms with Crippen LogP contribution >= 0.6 is 0 Å². The Morgan fingerprint density at radius 2 is 2.27 bits per heavy atom. The van der Waals surface area contributed by atoms with Crippen LogP contribution in [0.25, 0.3) is 0 Å². The second-order valence-electron chi connectivity index (χ2n) is 3.66. The average molecular weight is 152 g/mol. The third-order valence-corrected chi connectivity index (χ3v) is 2.20. The van der Waals surface area contributed by atoms with E-state index in [9.17, 15) is 4.79 Å². The van der Waals surface area contributed by atoms with Crippen molar-refractivity contribution < 1.29 is 4.79 Å². The van der Waals surface area contributed by atoms with Gasteiger partial charge in [-0.2, -0.15) is 0 Å². The van der Waals surface area contributed by atoms with Crippen LogP contribution in [0.3, 0.4) is 0 Å². The van der Waals surface area contributed by atoms with Crippen molar-refractivity contribution in [2.24, 2.45) is 5.92 Å². The molecule has 1 unspecified atom stereocenters. The van der Waals surface area contributed by atoms with Crippen LogP contribution in [-0.4, -0.2) is 5.78 Å². The molecular formula is C10H16O. The molecule has 11 heavy (non-hydrogen) atoms. The van der Waals surface area contributed by atoms with Crippen LogP contribution in [0.4, 0.5) is 0 Å². The predicted molar refractivity (Wildman–Crippen MR) is 46.4 cm³/mol. The van der Waals surface area contributed by atoms with Crippen LogP contribution in [0, 0.1) is 5.92 Å². The van der Waals surface area contributed by atoms with Gasteiger partial charge in [0.1, 0.15) is 0 Å². The summed E-state index contributed by atoms with van der Waals surface area (Å²) >= 11 is 0. The molecule has 0 amide bonds. The Kier molecular flexibility index (Phi) is 2.86. The van der Waals surface area contributed by atoms with Crippen LogP contribution in [-0.2, 0) is 4.79 Å². The molecule has 0 spiro atoms. The third kappa shape index (κ3) is 2.87. The fourth-order valence-electron chi connectivity index (χ4n) is 1.68. The lowest BCUT2D eigenvalue weighted by molar-refractivity contribution is -0.114. The van der Waals surface area contributed by atoms with Crippen LogP contribution in [0.1, 0.15) is 39.5 Å². The van der Waals surface area contributed by atoms with Crippen LogP contribution in [0.15, 0.2) is 11.6 Å². The number of rotatable bonds is 0. The molecule has 1 aliphatic carbocycles. The first-order valence-corrected chi connectivity index (χ1v) is 4.38. The largest absolute Gasteiger partial charge is 0.295 e. The van der Waals surface area contributed by atoms with Crippen molar-refractivity contribution in [1.82, 2.24) is 0 Å². The first-order valence-electron chi connectivity index (χ1n) is 4.38. The molecule has 0 radical (unpaired) electrons. The van der Waals surface area contributed by atoms with E-state index in [2.05, 4.69) is 13.8 Å². The number of carbonyl (C=O) groups is 1. The summed E-state index contributed by atoms with van der Waals surface area (Å²) in [6.07, 6.45) is 5.95. The molecule has 0 saturated carbocycles. The van der Waals surface area contributed by atoms with E-state index in [1.165, 1.54) is 12.0 Å². The van der Waals surface area contributed by atoms with Gasteiger partial charge in [0.25, 0.3) is 0 Å². The molecule has 0 heterocycles. The Morgan fingerprint density at radius 3 is 3.00 bits per heavy atom. The molecule has 1 aliphatic rings. The molecule has 0 aromatic heterocycles. The maximum absolute atomic E-state index is 11.1. The van der Waals surface area contributed by atoms with E-state index in [4.69, 9.17) is 0 Å². The second-order valence-corrected chi connectivity index (χ2v) is 3.66. The molecular weight excluding hydrogens is 136 g/mol. The summed E-state index contributed by atoms with van der Waals surface area (Å²) in [6.45, 7) is 4.31. The van der Waals surface area contributed by atoms with Crippen LogP contribution < -0.4 is 0 Å². The van der Waals surface area contributed by atoms with Crippen molar-refractivity contribution in [3.63, 3.8) is 0 Å². The number of carbonyl (C=O) groups excluding carboxylic acids is 1. The molecule has 0 aliphatic heterocycles. The highest BCUT2D eigenvalue weighted by Crippen LogP contribution is 2.20. The number of allylic oxidation sites excluding steroid dienone is 2. The first kappa shape index (κ1) is 8.51. The van der Waals surface area contributed by atoms with Gasteiger partial charge in [-0.3, -0.25) is 4.79 Å². The van der Waals surface area contributed by atoms with E-state index in [0.29, 0.717) is 5.78 Å². The van der Waals surface area contributed by atoms with E-state index < -0.39 is 0 Å². The van der Waals surface area contributed by atoms with E-state index in [1.54, 1.807) is 0 Å².